The van der Waals surface area contributed by atoms with Crippen molar-refractivity contribution in [2.24, 2.45) is 0 Å². The maximum atomic E-state index is 8.88. The van der Waals surface area contributed by atoms with Gasteiger partial charge in [-0.2, -0.15) is 0 Å². The Bertz CT molecular complexity index is 101. The molecule has 0 radical (unpaired) electrons. The molecule has 0 aromatic carbocycles. The average molecular weight is 186 g/mol. The Hall–Kier alpha value is 0.284. The zero-order chi connectivity index (χ0) is 7.91. The largest absolute Gasteiger partial charge is 0.466 e. The highest BCUT2D eigenvalue weighted by molar-refractivity contribution is 7.45. The molecule has 0 bridgehead atoms. The van der Waals surface area contributed by atoms with Gasteiger partial charge < -0.3 is 14.7 Å². The highest BCUT2D eigenvalue weighted by Crippen LogP contribution is 2.25. The third kappa shape index (κ3) is 198. The van der Waals surface area contributed by atoms with Crippen molar-refractivity contribution in [1.82, 2.24) is 0 Å². The van der Waals surface area contributed by atoms with E-state index >= 15 is 0 Å². The second-order valence-electron chi connectivity index (χ2n) is 1.21. The van der Waals surface area contributed by atoms with Crippen LogP contribution in [0.25, 0.3) is 0 Å². The van der Waals surface area contributed by atoms with E-state index in [1.165, 1.54) is 9.76 Å². The Kier molecular flexibility index (Phi) is 8.54. The summed E-state index contributed by atoms with van der Waals surface area (Å²) in [7, 11) is -2.90. The molecule has 0 aliphatic heterocycles. The lowest BCUT2D eigenvalue weighted by Crippen LogP contribution is -1.73. The summed E-state index contributed by atoms with van der Waals surface area (Å²) in [6, 6.07) is 0. The third-order valence-corrected chi connectivity index (χ3v) is 2.60. The maximum absolute atomic E-state index is 8.88. The van der Waals surface area contributed by atoms with E-state index in [0.29, 0.717) is 9.04 Å². The lowest BCUT2D eigenvalue weighted by molar-refractivity contribution is 0.275. The van der Waals surface area contributed by atoms with E-state index in [-0.39, 0.29) is 0 Å². The molecule has 3 N–H and O–H groups in total. The Morgan fingerprint density at radius 2 is 1.67 bits per heavy atom. The van der Waals surface area contributed by atoms with Crippen molar-refractivity contribution in [2.45, 2.75) is 0 Å². The topological polar surface area (TPSA) is 77.8 Å². The van der Waals surface area contributed by atoms with Gasteiger partial charge in [0.2, 0.25) is 0 Å². The van der Waals surface area contributed by atoms with Gasteiger partial charge in [0.1, 0.15) is 0 Å². The van der Waals surface area contributed by atoms with E-state index in [1.54, 1.807) is 0 Å². The van der Waals surface area contributed by atoms with Gasteiger partial charge in [0.05, 0.1) is 0 Å². The molecule has 0 amide bonds. The van der Waals surface area contributed by atoms with Gasteiger partial charge in [-0.25, -0.2) is 4.57 Å². The van der Waals surface area contributed by atoms with Gasteiger partial charge >= 0.3 is 7.82 Å². The first-order chi connectivity index (χ1) is 3.91. The van der Waals surface area contributed by atoms with E-state index in [4.69, 9.17) is 19.2 Å². The van der Waals surface area contributed by atoms with Gasteiger partial charge in [-0.15, -0.1) is 12.3 Å². The lowest BCUT2D eigenvalue weighted by Gasteiger charge is -1.82. The first kappa shape index (κ1) is 12.0. The average Bonchev–Trinajstić information content (AvgIpc) is 1.61. The third-order valence-electron chi connectivity index (χ3n) is 0.289. The second kappa shape index (κ2) is 6.40. The van der Waals surface area contributed by atoms with Gasteiger partial charge in [0.15, 0.2) is 0 Å². The Morgan fingerprint density at radius 3 is 1.67 bits per heavy atom. The van der Waals surface area contributed by atoms with Crippen molar-refractivity contribution in [3.63, 3.8) is 0 Å². The summed E-state index contributed by atoms with van der Waals surface area (Å²) in [4.78, 5) is 21.6. The molecule has 0 saturated carbocycles. The molecule has 0 aliphatic rings. The predicted octanol–water partition coefficient (Wildman–Crippen LogP) is -2.35. The van der Waals surface area contributed by atoms with Gasteiger partial charge in [-0.05, 0) is 9.76 Å². The van der Waals surface area contributed by atoms with E-state index < -0.39 is 7.82 Å². The molecular weight excluding hydrogens is 175 g/mol. The van der Waals surface area contributed by atoms with Crippen LogP contribution in [0.15, 0.2) is 12.3 Å². The van der Waals surface area contributed by atoms with Gasteiger partial charge in [-0.3, -0.25) is 0 Å². The van der Waals surface area contributed by atoms with Crippen LogP contribution in [0.4, 0.5) is 0 Å². The minimum absolute atomic E-state index is 0.327. The minimum atomic E-state index is -4.64. The summed E-state index contributed by atoms with van der Waals surface area (Å²) in [5.41, 5.74) is 2.08. The van der Waals surface area contributed by atoms with E-state index in [0.717, 1.165) is 0 Å². The fourth-order valence-corrected chi connectivity index (χ4v) is 0. The molecule has 0 aliphatic carbocycles. The molecule has 56 valence electrons. The molecule has 9 heavy (non-hydrogen) atoms. The number of rotatable bonds is 1. The summed E-state index contributed by atoms with van der Waals surface area (Å²) in [5, 5.41) is 0. The van der Waals surface area contributed by atoms with E-state index in [1.807, 2.05) is 0 Å². The molecule has 0 aromatic heterocycles. The summed E-state index contributed by atoms with van der Waals surface area (Å²) in [5.74, 6) is 0. The molecule has 4 nitrogen and oxygen atoms in total. The van der Waals surface area contributed by atoms with E-state index in [9.17, 15) is 0 Å². The molecule has 7 heteroatoms. The van der Waals surface area contributed by atoms with Crippen LogP contribution in [0.3, 0.4) is 0 Å². The van der Waals surface area contributed by atoms with Gasteiger partial charge in [0.25, 0.3) is 0 Å². The van der Waals surface area contributed by atoms with Crippen LogP contribution in [0.5, 0.6) is 0 Å². The van der Waals surface area contributed by atoms with Crippen LogP contribution in [0, 0.1) is 0 Å². The molecule has 0 saturated heterocycles. The summed E-state index contributed by atoms with van der Waals surface area (Å²) in [6.07, 6.45) is 0. The summed E-state index contributed by atoms with van der Waals surface area (Å²) in [6.45, 7) is 3.58. The highest BCUT2D eigenvalue weighted by atomic mass is 31.2. The number of hydrogen-bond donors (Lipinski definition) is 3. The quantitative estimate of drug-likeness (QED) is 0.316. The molecule has 0 atom stereocenters. The first-order valence-corrected chi connectivity index (χ1v) is 10.3. The Labute approximate surface area is 58.9 Å². The minimum Gasteiger partial charge on any atom is -0.303 e. The van der Waals surface area contributed by atoms with Gasteiger partial charge in [0, 0.05) is 9.04 Å². The van der Waals surface area contributed by atoms with Crippen LogP contribution >= 0.6 is 7.82 Å². The second-order valence-corrected chi connectivity index (χ2v) is 6.08. The predicted molar refractivity (Wildman–Crippen MR) is 42.9 cm³/mol. The molecule has 0 unspecified atom stereocenters. The highest BCUT2D eigenvalue weighted by Gasteiger charge is 2.00. The van der Waals surface area contributed by atoms with Crippen LogP contribution in [-0.2, 0) is 4.57 Å². The zero-order valence-electron chi connectivity index (χ0n) is 5.19. The SMILES string of the molecule is C=C[SiH2][SiH3].O=P(O)(O)O. The molecule has 0 spiro atoms. The molecule has 0 rings (SSSR count). The lowest BCUT2D eigenvalue weighted by atomic mass is 11.3. The van der Waals surface area contributed by atoms with Crippen molar-refractivity contribution in [1.29, 1.82) is 0 Å². The van der Waals surface area contributed by atoms with Crippen LogP contribution in [-0.4, -0.2) is 33.5 Å². The number of phosphoric acid groups is 1. The molecule has 0 heterocycles. The van der Waals surface area contributed by atoms with E-state index in [2.05, 4.69) is 12.3 Å². The molecular formula is C2H11O4PSi2. The van der Waals surface area contributed by atoms with Crippen molar-refractivity contribution in [3.05, 3.63) is 12.3 Å². The maximum Gasteiger partial charge on any atom is 0.466 e. The first-order valence-electron chi connectivity index (χ1n) is 2.31. The van der Waals surface area contributed by atoms with Crippen molar-refractivity contribution >= 4 is 26.6 Å². The normalized spacial score (nSPS) is 11.0. The Balaban J connectivity index is 0. The monoisotopic (exact) mass is 186 g/mol. The van der Waals surface area contributed by atoms with Gasteiger partial charge in [-0.1, -0.05) is 0 Å². The zero-order valence-corrected chi connectivity index (χ0v) is 9.50. The fraction of sp³-hybridized carbons (Fsp3) is 0. The molecule has 0 aromatic rings. The standard InChI is InChI=1S/C2H8Si2.H3O4P/c1-2-4-3;1-5(2,3)4/h2H,1,4H2,3H3;(H3,1,2,3,4). The van der Waals surface area contributed by atoms with Crippen LogP contribution in [0.2, 0.25) is 0 Å². The van der Waals surface area contributed by atoms with Crippen molar-refractivity contribution in [3.8, 4) is 0 Å². The molecule has 0 fully saturated rings. The van der Waals surface area contributed by atoms with Crippen molar-refractivity contribution in [2.75, 3.05) is 0 Å². The van der Waals surface area contributed by atoms with Crippen molar-refractivity contribution < 1.29 is 19.2 Å². The number of hydrogen-bond acceptors (Lipinski definition) is 1. The van der Waals surface area contributed by atoms with Crippen LogP contribution in [0.1, 0.15) is 0 Å². The fourth-order valence-electron chi connectivity index (χ4n) is 0. The Morgan fingerprint density at radius 1 is 1.56 bits per heavy atom. The summed E-state index contributed by atoms with van der Waals surface area (Å²) >= 11 is 0. The summed E-state index contributed by atoms with van der Waals surface area (Å²) < 4.78 is 8.88. The van der Waals surface area contributed by atoms with Crippen LogP contribution < -0.4 is 0 Å². The smallest absolute Gasteiger partial charge is 0.303 e.